The number of nitrogens with zero attached hydrogens (tertiary/aromatic N) is 2. The zero-order valence-corrected chi connectivity index (χ0v) is 20.3. The second-order valence-electron chi connectivity index (χ2n) is 9.05. The van der Waals surface area contributed by atoms with Gasteiger partial charge in [0.25, 0.3) is 11.8 Å². The highest BCUT2D eigenvalue weighted by Gasteiger charge is 2.41. The fourth-order valence-corrected chi connectivity index (χ4v) is 4.87. The summed E-state index contributed by atoms with van der Waals surface area (Å²) in [5.41, 5.74) is 3.61. The molecule has 2 heterocycles. The first-order valence-electron chi connectivity index (χ1n) is 12.4. The van der Waals surface area contributed by atoms with Crippen LogP contribution < -0.4 is 15.0 Å². The fourth-order valence-electron chi connectivity index (χ4n) is 4.87. The lowest BCUT2D eigenvalue weighted by Crippen LogP contribution is -2.44. The van der Waals surface area contributed by atoms with Gasteiger partial charge < -0.3 is 19.9 Å². The van der Waals surface area contributed by atoms with Crippen LogP contribution in [0.5, 0.6) is 5.75 Å². The van der Waals surface area contributed by atoms with Gasteiger partial charge >= 0.3 is 0 Å². The van der Waals surface area contributed by atoms with Crippen molar-refractivity contribution in [1.82, 2.24) is 10.2 Å². The Morgan fingerprint density at radius 3 is 2.44 bits per heavy atom. The van der Waals surface area contributed by atoms with E-state index in [1.807, 2.05) is 61.5 Å². The first-order valence-corrected chi connectivity index (χ1v) is 12.4. The maximum Gasteiger partial charge on any atom is 0.256 e. The summed E-state index contributed by atoms with van der Waals surface area (Å²) < 4.78 is 5.45. The molecule has 0 aromatic heterocycles. The molecule has 3 aromatic rings. The number of hydrogen-bond donors (Lipinski definition) is 1. The van der Waals surface area contributed by atoms with Gasteiger partial charge in [-0.25, -0.2) is 0 Å². The monoisotopic (exact) mass is 483 g/mol. The zero-order valence-electron chi connectivity index (χ0n) is 20.3. The fraction of sp³-hybridized carbons (Fsp3) is 0.276. The Hall–Kier alpha value is -4.13. The molecule has 0 unspecified atom stereocenters. The number of nitrogens with one attached hydrogen (secondary N) is 1. The standard InChI is InChI=1S/C29H29N3O4/c1-2-36-23-15-11-20(12-16-23)18-30-27(33)22-13-9-21(10-14-22)19-32-25-7-4-3-6-24(25)28(34)31-17-5-8-26(31)29(32)35/h3-4,6-7,9-16,26H,2,5,8,17-19H2,1H3,(H,30,33)/t26-/m1/s1. The number of benzene rings is 3. The summed E-state index contributed by atoms with van der Waals surface area (Å²) in [5, 5.41) is 2.94. The molecule has 0 radical (unpaired) electrons. The van der Waals surface area contributed by atoms with Gasteiger partial charge in [-0.2, -0.15) is 0 Å². The number of anilines is 1. The number of hydrogen-bond acceptors (Lipinski definition) is 4. The van der Waals surface area contributed by atoms with Gasteiger partial charge in [0.15, 0.2) is 0 Å². The van der Waals surface area contributed by atoms with Gasteiger partial charge in [-0.1, -0.05) is 36.4 Å². The molecule has 7 heteroatoms. The second-order valence-corrected chi connectivity index (χ2v) is 9.05. The lowest BCUT2D eigenvalue weighted by Gasteiger charge is -2.26. The normalized spacial score (nSPS) is 16.9. The van der Waals surface area contributed by atoms with E-state index >= 15 is 0 Å². The van der Waals surface area contributed by atoms with Crippen LogP contribution in [0.15, 0.2) is 72.8 Å². The minimum Gasteiger partial charge on any atom is -0.494 e. The molecule has 0 saturated carbocycles. The SMILES string of the molecule is CCOc1ccc(CNC(=O)c2ccc(CN3C(=O)[C@H]4CCCN4C(=O)c4ccccc43)cc2)cc1. The van der Waals surface area contributed by atoms with Crippen molar-refractivity contribution in [1.29, 1.82) is 0 Å². The van der Waals surface area contributed by atoms with Crippen molar-refractivity contribution in [2.24, 2.45) is 0 Å². The predicted molar refractivity (Wildman–Crippen MR) is 137 cm³/mol. The molecule has 36 heavy (non-hydrogen) atoms. The largest absolute Gasteiger partial charge is 0.494 e. The predicted octanol–water partition coefficient (Wildman–Crippen LogP) is 4.17. The first kappa shape index (κ1) is 23.6. The topological polar surface area (TPSA) is 79.0 Å². The molecule has 3 amide bonds. The Balaban J connectivity index is 1.28. The molecule has 1 saturated heterocycles. The van der Waals surface area contributed by atoms with Crippen LogP contribution in [-0.4, -0.2) is 41.8 Å². The van der Waals surface area contributed by atoms with E-state index in [-0.39, 0.29) is 17.7 Å². The van der Waals surface area contributed by atoms with Crippen LogP contribution in [0.25, 0.3) is 0 Å². The number of carbonyl (C=O) groups excluding carboxylic acids is 3. The van der Waals surface area contributed by atoms with Crippen molar-refractivity contribution >= 4 is 23.4 Å². The highest BCUT2D eigenvalue weighted by Crippen LogP contribution is 2.33. The van der Waals surface area contributed by atoms with E-state index in [9.17, 15) is 14.4 Å². The zero-order chi connectivity index (χ0) is 25.1. The Labute approximate surface area is 210 Å². The van der Waals surface area contributed by atoms with Crippen molar-refractivity contribution in [3.63, 3.8) is 0 Å². The summed E-state index contributed by atoms with van der Waals surface area (Å²) >= 11 is 0. The Morgan fingerprint density at radius 2 is 1.69 bits per heavy atom. The van der Waals surface area contributed by atoms with Crippen LogP contribution in [0.2, 0.25) is 0 Å². The number of fused-ring (bicyclic) bond motifs is 2. The van der Waals surface area contributed by atoms with E-state index in [1.165, 1.54) is 0 Å². The summed E-state index contributed by atoms with van der Waals surface area (Å²) in [4.78, 5) is 42.6. The molecule has 5 rings (SSSR count). The molecular formula is C29H29N3O4. The lowest BCUT2D eigenvalue weighted by atomic mass is 10.1. The quantitative estimate of drug-likeness (QED) is 0.547. The molecule has 184 valence electrons. The number of amides is 3. The van der Waals surface area contributed by atoms with Crippen LogP contribution in [-0.2, 0) is 17.9 Å². The smallest absolute Gasteiger partial charge is 0.256 e. The molecule has 1 N–H and O–H groups in total. The van der Waals surface area contributed by atoms with Crippen LogP contribution in [0.1, 0.15) is 51.6 Å². The van der Waals surface area contributed by atoms with Gasteiger partial charge in [-0.15, -0.1) is 0 Å². The van der Waals surface area contributed by atoms with Crippen molar-refractivity contribution < 1.29 is 19.1 Å². The van der Waals surface area contributed by atoms with Crippen LogP contribution in [0.4, 0.5) is 5.69 Å². The Morgan fingerprint density at radius 1 is 0.972 bits per heavy atom. The number of para-hydroxylation sites is 1. The summed E-state index contributed by atoms with van der Waals surface area (Å²) in [6, 6.07) is 21.8. The molecule has 7 nitrogen and oxygen atoms in total. The van der Waals surface area contributed by atoms with Crippen molar-refractivity contribution in [3.05, 3.63) is 95.1 Å². The molecule has 1 atom stereocenters. The molecule has 1 fully saturated rings. The molecular weight excluding hydrogens is 454 g/mol. The molecule has 0 bridgehead atoms. The minimum absolute atomic E-state index is 0.0528. The summed E-state index contributed by atoms with van der Waals surface area (Å²) in [5.74, 6) is 0.504. The first-order chi connectivity index (χ1) is 17.5. The van der Waals surface area contributed by atoms with Gasteiger partial charge in [0, 0.05) is 18.7 Å². The molecule has 2 aliphatic rings. The van der Waals surface area contributed by atoms with E-state index in [4.69, 9.17) is 4.74 Å². The van der Waals surface area contributed by atoms with Gasteiger partial charge in [-0.05, 0) is 67.3 Å². The number of carbonyl (C=O) groups is 3. The van der Waals surface area contributed by atoms with Gasteiger partial charge in [0.2, 0.25) is 5.91 Å². The lowest BCUT2D eigenvalue weighted by molar-refractivity contribution is -0.122. The maximum atomic E-state index is 13.5. The number of ether oxygens (including phenoxy) is 1. The Bertz CT molecular complexity index is 1270. The summed E-state index contributed by atoms with van der Waals surface area (Å²) in [7, 11) is 0. The summed E-state index contributed by atoms with van der Waals surface area (Å²) in [6.45, 7) is 3.91. The van der Waals surface area contributed by atoms with E-state index in [0.29, 0.717) is 49.5 Å². The van der Waals surface area contributed by atoms with Crippen molar-refractivity contribution in [3.8, 4) is 5.75 Å². The molecule has 3 aromatic carbocycles. The van der Waals surface area contributed by atoms with Crippen molar-refractivity contribution in [2.75, 3.05) is 18.1 Å². The van der Waals surface area contributed by atoms with Crippen molar-refractivity contribution in [2.45, 2.75) is 38.9 Å². The second kappa shape index (κ2) is 10.2. The molecule has 0 spiro atoms. The highest BCUT2D eigenvalue weighted by atomic mass is 16.5. The van der Waals surface area contributed by atoms with E-state index < -0.39 is 6.04 Å². The van der Waals surface area contributed by atoms with E-state index in [0.717, 1.165) is 23.3 Å². The highest BCUT2D eigenvalue weighted by molar-refractivity contribution is 6.11. The van der Waals surface area contributed by atoms with E-state index in [1.54, 1.807) is 28.0 Å². The molecule has 2 aliphatic heterocycles. The average Bonchev–Trinajstić information content (AvgIpc) is 3.38. The van der Waals surface area contributed by atoms with Gasteiger partial charge in [0.05, 0.1) is 24.4 Å². The minimum atomic E-state index is -0.419. The van der Waals surface area contributed by atoms with Gasteiger partial charge in [-0.3, -0.25) is 14.4 Å². The third kappa shape index (κ3) is 4.69. The number of rotatable bonds is 7. The average molecular weight is 484 g/mol. The van der Waals surface area contributed by atoms with Crippen LogP contribution in [0, 0.1) is 0 Å². The van der Waals surface area contributed by atoms with Crippen LogP contribution >= 0.6 is 0 Å². The third-order valence-electron chi connectivity index (χ3n) is 6.73. The van der Waals surface area contributed by atoms with Gasteiger partial charge in [0.1, 0.15) is 11.8 Å². The van der Waals surface area contributed by atoms with Crippen LogP contribution in [0.3, 0.4) is 0 Å². The van der Waals surface area contributed by atoms with E-state index in [2.05, 4.69) is 5.32 Å². The molecule has 0 aliphatic carbocycles. The maximum absolute atomic E-state index is 13.5. The Kier molecular flexibility index (Phi) is 6.71. The third-order valence-corrected chi connectivity index (χ3v) is 6.73. The summed E-state index contributed by atoms with van der Waals surface area (Å²) in [6.07, 6.45) is 1.52.